The molecule has 1 aliphatic rings. The van der Waals surface area contributed by atoms with Crippen molar-refractivity contribution in [2.75, 3.05) is 7.05 Å². The number of likely N-dealkylation sites (tertiary alicyclic amines) is 1. The molecule has 0 saturated carbocycles. The van der Waals surface area contributed by atoms with E-state index in [0.717, 1.165) is 6.42 Å². The summed E-state index contributed by atoms with van der Waals surface area (Å²) in [4.78, 5) is 2.18. The van der Waals surface area contributed by atoms with Crippen molar-refractivity contribution >= 4 is 11.6 Å². The van der Waals surface area contributed by atoms with Crippen LogP contribution in [0.25, 0.3) is 0 Å². The van der Waals surface area contributed by atoms with E-state index in [4.69, 9.17) is 11.6 Å². The number of halogens is 1. The van der Waals surface area contributed by atoms with E-state index in [-0.39, 0.29) is 5.00 Å². The van der Waals surface area contributed by atoms with Gasteiger partial charge in [-0.05, 0) is 40.2 Å². The average Bonchev–Trinajstić information content (AvgIpc) is 1.83. The Labute approximate surface area is 68.4 Å². The molecule has 0 aromatic rings. The van der Waals surface area contributed by atoms with Gasteiger partial charge in [0, 0.05) is 6.04 Å². The van der Waals surface area contributed by atoms with E-state index >= 15 is 0 Å². The maximum absolute atomic E-state index is 6.24. The van der Waals surface area contributed by atoms with Gasteiger partial charge in [0.25, 0.3) is 0 Å². The lowest BCUT2D eigenvalue weighted by Crippen LogP contribution is -2.47. The summed E-state index contributed by atoms with van der Waals surface area (Å²) >= 11 is 6.24. The minimum Gasteiger partial charge on any atom is -0.286 e. The SMILES string of the molecule is C[C@H]1CCC[C@](C)(Cl)N1C. The van der Waals surface area contributed by atoms with Crippen molar-refractivity contribution in [1.29, 1.82) is 0 Å². The van der Waals surface area contributed by atoms with Gasteiger partial charge in [-0.3, -0.25) is 4.90 Å². The van der Waals surface area contributed by atoms with Crippen LogP contribution in [0.3, 0.4) is 0 Å². The second kappa shape index (κ2) is 2.71. The van der Waals surface area contributed by atoms with Gasteiger partial charge in [0.15, 0.2) is 0 Å². The van der Waals surface area contributed by atoms with Crippen molar-refractivity contribution in [3.63, 3.8) is 0 Å². The van der Waals surface area contributed by atoms with Gasteiger partial charge in [0.05, 0.1) is 5.00 Å². The van der Waals surface area contributed by atoms with Gasteiger partial charge in [-0.25, -0.2) is 0 Å². The van der Waals surface area contributed by atoms with E-state index in [1.165, 1.54) is 12.8 Å². The molecule has 0 radical (unpaired) electrons. The molecule has 1 fully saturated rings. The fourth-order valence-corrected chi connectivity index (χ4v) is 1.85. The van der Waals surface area contributed by atoms with Crippen LogP contribution in [-0.2, 0) is 0 Å². The highest BCUT2D eigenvalue weighted by molar-refractivity contribution is 6.23. The van der Waals surface area contributed by atoms with E-state index in [9.17, 15) is 0 Å². The van der Waals surface area contributed by atoms with Crippen molar-refractivity contribution in [3.8, 4) is 0 Å². The minimum atomic E-state index is -0.0856. The average molecular weight is 162 g/mol. The Balaban J connectivity index is 2.60. The zero-order valence-electron chi connectivity index (χ0n) is 7.02. The van der Waals surface area contributed by atoms with Crippen LogP contribution in [0.2, 0.25) is 0 Å². The first kappa shape index (κ1) is 8.35. The third-order valence-electron chi connectivity index (χ3n) is 2.65. The quantitative estimate of drug-likeness (QED) is 0.390. The molecule has 1 aliphatic heterocycles. The molecule has 60 valence electrons. The van der Waals surface area contributed by atoms with E-state index in [2.05, 4.69) is 25.8 Å². The third kappa shape index (κ3) is 1.46. The van der Waals surface area contributed by atoms with E-state index in [0.29, 0.717) is 6.04 Å². The summed E-state index contributed by atoms with van der Waals surface area (Å²) in [6, 6.07) is 0.649. The Morgan fingerprint density at radius 2 is 2.20 bits per heavy atom. The summed E-state index contributed by atoms with van der Waals surface area (Å²) in [6.07, 6.45) is 3.68. The fourth-order valence-electron chi connectivity index (χ4n) is 1.55. The number of alkyl halides is 1. The van der Waals surface area contributed by atoms with Crippen molar-refractivity contribution in [2.45, 2.75) is 44.1 Å². The van der Waals surface area contributed by atoms with Crippen LogP contribution in [0.1, 0.15) is 33.1 Å². The maximum atomic E-state index is 6.24. The largest absolute Gasteiger partial charge is 0.286 e. The monoisotopic (exact) mass is 161 g/mol. The van der Waals surface area contributed by atoms with Crippen LogP contribution in [-0.4, -0.2) is 23.0 Å². The third-order valence-corrected chi connectivity index (χ3v) is 3.11. The van der Waals surface area contributed by atoms with E-state index in [1.807, 2.05) is 0 Å². The summed E-state index contributed by atoms with van der Waals surface area (Å²) < 4.78 is 0. The second-order valence-electron chi connectivity index (χ2n) is 3.49. The van der Waals surface area contributed by atoms with Crippen molar-refractivity contribution in [1.82, 2.24) is 4.90 Å². The number of rotatable bonds is 0. The molecule has 2 atom stereocenters. The molecule has 0 aromatic carbocycles. The zero-order valence-corrected chi connectivity index (χ0v) is 7.78. The highest BCUT2D eigenvalue weighted by Crippen LogP contribution is 2.33. The van der Waals surface area contributed by atoms with Gasteiger partial charge < -0.3 is 0 Å². The Hall–Kier alpha value is 0.250. The molecular weight excluding hydrogens is 146 g/mol. The molecule has 2 heteroatoms. The number of hydrogen-bond acceptors (Lipinski definition) is 1. The summed E-state index contributed by atoms with van der Waals surface area (Å²) in [5, 5.41) is 0. The van der Waals surface area contributed by atoms with Gasteiger partial charge >= 0.3 is 0 Å². The van der Waals surface area contributed by atoms with Crippen molar-refractivity contribution in [3.05, 3.63) is 0 Å². The molecule has 1 saturated heterocycles. The normalized spacial score (nSPS) is 43.8. The predicted octanol–water partition coefficient (Wildman–Crippen LogP) is 2.45. The summed E-state index contributed by atoms with van der Waals surface area (Å²) in [7, 11) is 2.11. The molecule has 0 unspecified atom stereocenters. The van der Waals surface area contributed by atoms with Gasteiger partial charge in [-0.15, -0.1) is 11.6 Å². The van der Waals surface area contributed by atoms with Crippen LogP contribution in [0, 0.1) is 0 Å². The Morgan fingerprint density at radius 1 is 1.60 bits per heavy atom. The molecule has 1 heterocycles. The standard InChI is InChI=1S/C8H16ClN/c1-7-5-4-6-8(2,9)10(7)3/h7H,4-6H2,1-3H3/t7-,8+/m0/s1. The first-order valence-electron chi connectivity index (χ1n) is 3.96. The molecule has 10 heavy (non-hydrogen) atoms. The van der Waals surface area contributed by atoms with E-state index in [1.54, 1.807) is 0 Å². The summed E-state index contributed by atoms with van der Waals surface area (Å²) in [5.41, 5.74) is 0. The number of piperidine rings is 1. The Morgan fingerprint density at radius 3 is 2.60 bits per heavy atom. The molecule has 0 bridgehead atoms. The van der Waals surface area contributed by atoms with E-state index < -0.39 is 0 Å². The van der Waals surface area contributed by atoms with Crippen LogP contribution < -0.4 is 0 Å². The molecule has 0 N–H and O–H groups in total. The summed E-state index contributed by atoms with van der Waals surface area (Å²) in [5.74, 6) is 0. The first-order chi connectivity index (χ1) is 4.54. The Bertz CT molecular complexity index is 122. The fraction of sp³-hybridized carbons (Fsp3) is 1.00. The molecule has 0 aromatic heterocycles. The lowest BCUT2D eigenvalue weighted by atomic mass is 9.98. The van der Waals surface area contributed by atoms with Crippen LogP contribution >= 0.6 is 11.6 Å². The van der Waals surface area contributed by atoms with Crippen molar-refractivity contribution < 1.29 is 0 Å². The van der Waals surface area contributed by atoms with Crippen LogP contribution in [0.5, 0.6) is 0 Å². The van der Waals surface area contributed by atoms with Crippen molar-refractivity contribution in [2.24, 2.45) is 0 Å². The van der Waals surface area contributed by atoms with Gasteiger partial charge in [0.2, 0.25) is 0 Å². The first-order valence-corrected chi connectivity index (χ1v) is 4.34. The van der Waals surface area contributed by atoms with Gasteiger partial charge in [-0.2, -0.15) is 0 Å². The second-order valence-corrected chi connectivity index (χ2v) is 4.31. The van der Waals surface area contributed by atoms with Gasteiger partial charge in [0.1, 0.15) is 0 Å². The predicted molar refractivity (Wildman–Crippen MR) is 45.3 cm³/mol. The number of hydrogen-bond donors (Lipinski definition) is 0. The molecule has 1 rings (SSSR count). The highest BCUT2D eigenvalue weighted by atomic mass is 35.5. The highest BCUT2D eigenvalue weighted by Gasteiger charge is 2.32. The lowest BCUT2D eigenvalue weighted by molar-refractivity contribution is 0.108. The molecular formula is C8H16ClN. The number of nitrogens with zero attached hydrogens (tertiary/aromatic N) is 1. The zero-order chi connectivity index (χ0) is 7.78. The Kier molecular flexibility index (Phi) is 2.26. The maximum Gasteiger partial charge on any atom is 0.0931 e. The smallest absolute Gasteiger partial charge is 0.0931 e. The molecule has 0 amide bonds. The lowest BCUT2D eigenvalue weighted by Gasteiger charge is -2.42. The molecule has 0 aliphatic carbocycles. The molecule has 1 nitrogen and oxygen atoms in total. The summed E-state index contributed by atoms with van der Waals surface area (Å²) in [6.45, 7) is 4.34. The van der Waals surface area contributed by atoms with Gasteiger partial charge in [-0.1, -0.05) is 0 Å². The topological polar surface area (TPSA) is 3.24 Å². The van der Waals surface area contributed by atoms with Crippen LogP contribution in [0.15, 0.2) is 0 Å². The minimum absolute atomic E-state index is 0.0856. The van der Waals surface area contributed by atoms with Crippen LogP contribution in [0.4, 0.5) is 0 Å². The molecule has 0 spiro atoms.